The first-order chi connectivity index (χ1) is 16.5. The highest BCUT2D eigenvalue weighted by Gasteiger charge is 2.52. The van der Waals surface area contributed by atoms with Crippen molar-refractivity contribution in [2.24, 2.45) is 5.73 Å². The third-order valence-corrected chi connectivity index (χ3v) is 8.96. The molecule has 0 aliphatic carbocycles. The Bertz CT molecular complexity index is 1190. The summed E-state index contributed by atoms with van der Waals surface area (Å²) < 4.78 is 11.1. The second-order valence-corrected chi connectivity index (χ2v) is 11.0. The van der Waals surface area contributed by atoms with Gasteiger partial charge in [-0.3, -0.25) is 9.69 Å². The third-order valence-electron chi connectivity index (χ3n) is 5.59. The number of aromatic nitrogens is 2. The van der Waals surface area contributed by atoms with Crippen molar-refractivity contribution >= 4 is 46.9 Å². The van der Waals surface area contributed by atoms with E-state index in [0.29, 0.717) is 17.2 Å². The molecule has 1 unspecified atom stereocenters. The SMILES string of the molecule is Cc1nsc(SCC2=C(C(=O)OC(c3ccccc3)c3ccccc3)N3C(=O)C(N)[C@@H]3SC2)n1. The molecule has 2 N–H and O–H groups in total. The standard InChI is InChI=1S/C24H22N4O3S3/c1-14-26-24(34-27-14)33-13-17-12-32-22-18(25)21(29)28(22)19(17)23(30)31-20(15-8-4-2-5-9-15)16-10-6-3-7-11-16/h2-11,18,20,22H,12-13,25H2,1H3/t18?,22-/m0/s1. The number of amides is 1. The van der Waals surface area contributed by atoms with E-state index in [9.17, 15) is 9.59 Å². The molecule has 0 radical (unpaired) electrons. The van der Waals surface area contributed by atoms with Crippen molar-refractivity contribution in [2.75, 3.05) is 11.5 Å². The van der Waals surface area contributed by atoms with Gasteiger partial charge in [-0.05, 0) is 35.2 Å². The van der Waals surface area contributed by atoms with Crippen LogP contribution in [0.3, 0.4) is 0 Å². The Morgan fingerprint density at radius 2 is 1.82 bits per heavy atom. The van der Waals surface area contributed by atoms with Crippen molar-refractivity contribution in [2.45, 2.75) is 28.8 Å². The van der Waals surface area contributed by atoms with Gasteiger partial charge in [0, 0.05) is 11.5 Å². The van der Waals surface area contributed by atoms with E-state index in [0.717, 1.165) is 26.9 Å². The van der Waals surface area contributed by atoms with Gasteiger partial charge in [0.25, 0.3) is 0 Å². The average molecular weight is 511 g/mol. The number of ether oxygens (including phenoxy) is 1. The number of nitrogens with zero attached hydrogens (tertiary/aromatic N) is 3. The van der Waals surface area contributed by atoms with E-state index >= 15 is 0 Å². The maximum atomic E-state index is 13.7. The molecule has 3 aromatic rings. The highest BCUT2D eigenvalue weighted by atomic mass is 32.2. The van der Waals surface area contributed by atoms with Crippen LogP contribution in [0, 0.1) is 6.92 Å². The number of benzene rings is 2. The maximum absolute atomic E-state index is 13.7. The molecule has 2 aliphatic heterocycles. The maximum Gasteiger partial charge on any atom is 0.356 e. The van der Waals surface area contributed by atoms with Crippen molar-refractivity contribution < 1.29 is 14.3 Å². The summed E-state index contributed by atoms with van der Waals surface area (Å²) in [7, 11) is 0. The first kappa shape index (κ1) is 23.1. The lowest BCUT2D eigenvalue weighted by Gasteiger charge is -2.48. The Morgan fingerprint density at radius 3 is 2.41 bits per heavy atom. The van der Waals surface area contributed by atoms with Gasteiger partial charge in [-0.15, -0.1) is 11.8 Å². The summed E-state index contributed by atoms with van der Waals surface area (Å²) in [6, 6.07) is 18.6. The van der Waals surface area contributed by atoms with Crippen LogP contribution < -0.4 is 5.73 Å². The number of carbonyl (C=O) groups is 2. The Hall–Kier alpha value is -2.66. The Kier molecular flexibility index (Phi) is 6.73. The zero-order valence-electron chi connectivity index (χ0n) is 18.3. The molecule has 2 atom stereocenters. The minimum atomic E-state index is -0.605. The molecule has 1 saturated heterocycles. The molecule has 10 heteroatoms. The zero-order valence-corrected chi connectivity index (χ0v) is 20.7. The highest BCUT2D eigenvalue weighted by molar-refractivity contribution is 8.01. The van der Waals surface area contributed by atoms with Crippen LogP contribution in [0.2, 0.25) is 0 Å². The fourth-order valence-electron chi connectivity index (χ4n) is 3.91. The second-order valence-electron chi connectivity index (χ2n) is 7.89. The average Bonchev–Trinajstić information content (AvgIpc) is 3.30. The molecule has 1 fully saturated rings. The minimum Gasteiger partial charge on any atom is -0.448 e. The molecule has 0 bridgehead atoms. The topological polar surface area (TPSA) is 98.4 Å². The van der Waals surface area contributed by atoms with Crippen LogP contribution >= 0.6 is 35.1 Å². The zero-order chi connectivity index (χ0) is 23.7. The molecule has 1 amide bonds. The molecule has 2 aromatic carbocycles. The van der Waals surface area contributed by atoms with E-state index in [2.05, 4.69) is 9.36 Å². The molecule has 1 aromatic heterocycles. The van der Waals surface area contributed by atoms with Gasteiger partial charge < -0.3 is 10.5 Å². The van der Waals surface area contributed by atoms with Gasteiger partial charge in [0.15, 0.2) is 10.4 Å². The number of rotatable bonds is 7. The van der Waals surface area contributed by atoms with Crippen LogP contribution in [-0.4, -0.2) is 49.1 Å². The van der Waals surface area contributed by atoms with Crippen LogP contribution in [0.4, 0.5) is 0 Å². The van der Waals surface area contributed by atoms with Crippen LogP contribution in [0.1, 0.15) is 23.1 Å². The number of hydrogen-bond donors (Lipinski definition) is 1. The van der Waals surface area contributed by atoms with Crippen LogP contribution in [0.25, 0.3) is 0 Å². The van der Waals surface area contributed by atoms with Crippen molar-refractivity contribution in [3.8, 4) is 0 Å². The molecule has 7 nitrogen and oxygen atoms in total. The summed E-state index contributed by atoms with van der Waals surface area (Å²) in [5.41, 5.74) is 8.89. The van der Waals surface area contributed by atoms with Crippen LogP contribution in [0.15, 0.2) is 76.3 Å². The lowest BCUT2D eigenvalue weighted by molar-refractivity contribution is -0.153. The summed E-state index contributed by atoms with van der Waals surface area (Å²) in [6.45, 7) is 1.84. The fourth-order valence-corrected chi connectivity index (χ4v) is 6.99. The van der Waals surface area contributed by atoms with Gasteiger partial charge in [-0.2, -0.15) is 4.37 Å². The molecule has 2 aliphatic rings. The second kappa shape index (κ2) is 9.91. The van der Waals surface area contributed by atoms with Gasteiger partial charge in [0.05, 0.1) is 0 Å². The predicted octanol–water partition coefficient (Wildman–Crippen LogP) is 3.77. The molecular formula is C24H22N4O3S3. The molecule has 3 heterocycles. The van der Waals surface area contributed by atoms with Crippen LogP contribution in [-0.2, 0) is 14.3 Å². The first-order valence-electron chi connectivity index (χ1n) is 10.7. The summed E-state index contributed by atoms with van der Waals surface area (Å²) in [5.74, 6) is 1.05. The van der Waals surface area contributed by atoms with Crippen molar-refractivity contribution in [1.82, 2.24) is 14.3 Å². The van der Waals surface area contributed by atoms with Crippen molar-refractivity contribution in [3.63, 3.8) is 0 Å². The molecule has 174 valence electrons. The molecule has 0 saturated carbocycles. The summed E-state index contributed by atoms with van der Waals surface area (Å²) in [6.07, 6.45) is -0.597. The van der Waals surface area contributed by atoms with Gasteiger partial charge in [-0.25, -0.2) is 9.78 Å². The number of thioether (sulfide) groups is 2. The monoisotopic (exact) mass is 510 g/mol. The molecule has 5 rings (SSSR count). The van der Waals surface area contributed by atoms with Gasteiger partial charge in [-0.1, -0.05) is 72.4 Å². The van der Waals surface area contributed by atoms with Crippen molar-refractivity contribution in [1.29, 1.82) is 0 Å². The Balaban J connectivity index is 1.47. The van der Waals surface area contributed by atoms with E-state index in [4.69, 9.17) is 10.5 Å². The quantitative estimate of drug-likeness (QED) is 0.291. The summed E-state index contributed by atoms with van der Waals surface area (Å²) in [5, 5.41) is -0.250. The Labute approximate surface area is 209 Å². The number of nitrogens with two attached hydrogens (primary N) is 1. The minimum absolute atomic E-state index is 0.250. The Morgan fingerprint density at radius 1 is 1.18 bits per heavy atom. The summed E-state index contributed by atoms with van der Waals surface area (Å²) >= 11 is 4.41. The number of β-lactam (4-membered cyclic amide) rings is 1. The first-order valence-corrected chi connectivity index (χ1v) is 13.5. The lowest BCUT2D eigenvalue weighted by atomic mass is 10.0. The third kappa shape index (κ3) is 4.50. The molecular weight excluding hydrogens is 488 g/mol. The van der Waals surface area contributed by atoms with Crippen LogP contribution in [0.5, 0.6) is 0 Å². The van der Waals surface area contributed by atoms with E-state index in [1.807, 2.05) is 67.6 Å². The van der Waals surface area contributed by atoms with E-state index in [1.165, 1.54) is 28.2 Å². The number of fused-ring (bicyclic) bond motifs is 1. The van der Waals surface area contributed by atoms with Gasteiger partial charge in [0.2, 0.25) is 5.91 Å². The van der Waals surface area contributed by atoms with E-state index in [-0.39, 0.29) is 11.3 Å². The predicted molar refractivity (Wildman–Crippen MR) is 134 cm³/mol. The molecule has 0 spiro atoms. The largest absolute Gasteiger partial charge is 0.448 e. The van der Waals surface area contributed by atoms with E-state index in [1.54, 1.807) is 11.8 Å². The number of aryl methyl sites for hydroxylation is 1. The fraction of sp³-hybridized carbons (Fsp3) is 0.250. The highest BCUT2D eigenvalue weighted by Crippen LogP contribution is 2.42. The van der Waals surface area contributed by atoms with Gasteiger partial charge in [0.1, 0.15) is 22.9 Å². The lowest BCUT2D eigenvalue weighted by Crippen LogP contribution is -2.68. The van der Waals surface area contributed by atoms with Gasteiger partial charge >= 0.3 is 5.97 Å². The molecule has 34 heavy (non-hydrogen) atoms. The number of hydrogen-bond acceptors (Lipinski definition) is 9. The normalized spacial score (nSPS) is 19.7. The summed E-state index contributed by atoms with van der Waals surface area (Å²) in [4.78, 5) is 32.2. The smallest absolute Gasteiger partial charge is 0.356 e. The van der Waals surface area contributed by atoms with Crippen molar-refractivity contribution in [3.05, 3.63) is 88.9 Å². The number of carbonyl (C=O) groups excluding carboxylic acids is 2. The number of esters is 1. The van der Waals surface area contributed by atoms with E-state index < -0.39 is 18.1 Å².